The van der Waals surface area contributed by atoms with Crippen molar-refractivity contribution in [2.75, 3.05) is 50.8 Å². The number of H-pyrrole nitrogens is 1. The van der Waals surface area contributed by atoms with E-state index in [-0.39, 0.29) is 18.3 Å². The topological polar surface area (TPSA) is 97.9 Å². The van der Waals surface area contributed by atoms with Gasteiger partial charge in [0.05, 0.1) is 0 Å². The molecule has 1 fully saturated rings. The van der Waals surface area contributed by atoms with E-state index in [0.717, 1.165) is 54.6 Å². The average molecular weight is 553 g/mol. The highest BCUT2D eigenvalue weighted by Crippen LogP contribution is 2.24. The van der Waals surface area contributed by atoms with Gasteiger partial charge in [-0.25, -0.2) is 0 Å². The Morgan fingerprint density at radius 1 is 0.976 bits per heavy atom. The molecule has 5 rings (SSSR count). The zero-order valence-electron chi connectivity index (χ0n) is 23.1. The quantitative estimate of drug-likeness (QED) is 0.183. The summed E-state index contributed by atoms with van der Waals surface area (Å²) in [5, 5.41) is 13.4. The van der Waals surface area contributed by atoms with E-state index in [1.165, 1.54) is 17.3 Å². The van der Waals surface area contributed by atoms with Crippen molar-refractivity contribution in [3.05, 3.63) is 102 Å². The molecule has 2 heterocycles. The lowest BCUT2D eigenvalue weighted by Crippen LogP contribution is -2.50. The van der Waals surface area contributed by atoms with Crippen molar-refractivity contribution in [2.45, 2.75) is 13.0 Å². The Hall–Kier alpha value is -4.40. The van der Waals surface area contributed by atoms with Crippen molar-refractivity contribution >= 4 is 34.4 Å². The third kappa shape index (κ3) is 7.63. The number of aromatic nitrogens is 1. The molecule has 0 spiro atoms. The Balaban J connectivity index is 1.07. The summed E-state index contributed by atoms with van der Waals surface area (Å²) >= 11 is 0. The molecule has 0 unspecified atom stereocenters. The zero-order chi connectivity index (χ0) is 28.4. The molecule has 41 heavy (non-hydrogen) atoms. The Kier molecular flexibility index (Phi) is 9.46. The number of aliphatic hydroxyl groups is 1. The van der Waals surface area contributed by atoms with E-state index >= 15 is 0 Å². The number of piperazine rings is 1. The van der Waals surface area contributed by atoms with Gasteiger partial charge in [0.25, 0.3) is 5.91 Å². The lowest BCUT2D eigenvalue weighted by molar-refractivity contribution is -0.133. The highest BCUT2D eigenvalue weighted by Gasteiger charge is 2.21. The summed E-state index contributed by atoms with van der Waals surface area (Å²) in [6, 6.07) is 24.2. The van der Waals surface area contributed by atoms with Crippen molar-refractivity contribution in [2.24, 2.45) is 0 Å². The SMILES string of the molecule is O=C(/C=C/c1ccc(CNCCc2c[nH]c3ccc(OCC(=O)N4CCN(c5ccccc5)CC4)cc23)cc1)CO. The van der Waals surface area contributed by atoms with Crippen LogP contribution < -0.4 is 15.0 Å². The average Bonchev–Trinajstić information content (AvgIpc) is 3.44. The van der Waals surface area contributed by atoms with E-state index in [1.807, 2.05) is 71.8 Å². The van der Waals surface area contributed by atoms with Gasteiger partial charge in [0.15, 0.2) is 12.4 Å². The molecule has 4 aromatic rings. The van der Waals surface area contributed by atoms with Gasteiger partial charge in [0.2, 0.25) is 0 Å². The van der Waals surface area contributed by atoms with Crippen molar-refractivity contribution in [1.29, 1.82) is 0 Å². The van der Waals surface area contributed by atoms with Gasteiger partial charge in [0.1, 0.15) is 12.4 Å². The number of hydrogen-bond acceptors (Lipinski definition) is 6. The molecule has 1 amide bonds. The van der Waals surface area contributed by atoms with Crippen LogP contribution in [0.25, 0.3) is 17.0 Å². The van der Waals surface area contributed by atoms with Crippen LogP contribution in [0.15, 0.2) is 85.1 Å². The number of nitrogens with zero attached hydrogens (tertiary/aromatic N) is 2. The Morgan fingerprint density at radius 3 is 2.51 bits per heavy atom. The van der Waals surface area contributed by atoms with E-state index in [4.69, 9.17) is 9.84 Å². The monoisotopic (exact) mass is 552 g/mol. The van der Waals surface area contributed by atoms with Gasteiger partial charge in [-0.2, -0.15) is 0 Å². The third-order valence-corrected chi connectivity index (χ3v) is 7.35. The molecule has 0 radical (unpaired) electrons. The second kappa shape index (κ2) is 13.8. The minimum atomic E-state index is -0.476. The van der Waals surface area contributed by atoms with Gasteiger partial charge in [0, 0.05) is 55.5 Å². The normalized spacial score (nSPS) is 13.7. The number of carbonyl (C=O) groups excluding carboxylic acids is 2. The third-order valence-electron chi connectivity index (χ3n) is 7.35. The summed E-state index contributed by atoms with van der Waals surface area (Å²) in [5.41, 5.74) is 5.49. The van der Waals surface area contributed by atoms with E-state index < -0.39 is 6.61 Å². The molecule has 3 N–H and O–H groups in total. The molecule has 1 aromatic heterocycles. The van der Waals surface area contributed by atoms with Crippen LogP contribution in [-0.4, -0.2) is 72.6 Å². The summed E-state index contributed by atoms with van der Waals surface area (Å²) < 4.78 is 5.92. The molecular weight excluding hydrogens is 516 g/mol. The van der Waals surface area contributed by atoms with Crippen LogP contribution in [0.3, 0.4) is 0 Å². The molecule has 1 aliphatic heterocycles. The standard InChI is InChI=1S/C33H36N4O4/c38-23-29(39)11-10-25-6-8-26(9-7-25)21-34-15-14-27-22-35-32-13-12-30(20-31(27)32)41-24-33(40)37-18-16-36(17-19-37)28-4-2-1-3-5-28/h1-13,20,22,34-35,38H,14-19,21,23-24H2/b11-10+. The maximum absolute atomic E-state index is 12.8. The number of hydrogen-bond donors (Lipinski definition) is 3. The largest absolute Gasteiger partial charge is 0.484 e. The first-order chi connectivity index (χ1) is 20.1. The Morgan fingerprint density at radius 2 is 1.76 bits per heavy atom. The van der Waals surface area contributed by atoms with Crippen LogP contribution >= 0.6 is 0 Å². The molecule has 3 aromatic carbocycles. The number of fused-ring (bicyclic) bond motifs is 1. The van der Waals surface area contributed by atoms with Gasteiger partial charge in [-0.05, 0) is 66.1 Å². The number of anilines is 1. The Labute approximate surface area is 240 Å². The maximum atomic E-state index is 12.8. The minimum absolute atomic E-state index is 0.0130. The van der Waals surface area contributed by atoms with Crippen molar-refractivity contribution in [3.63, 3.8) is 0 Å². The first kappa shape index (κ1) is 28.1. The first-order valence-electron chi connectivity index (χ1n) is 14.0. The zero-order valence-corrected chi connectivity index (χ0v) is 23.1. The minimum Gasteiger partial charge on any atom is -0.484 e. The molecule has 0 saturated carbocycles. The lowest BCUT2D eigenvalue weighted by Gasteiger charge is -2.36. The van der Waals surface area contributed by atoms with Crippen molar-refractivity contribution in [1.82, 2.24) is 15.2 Å². The van der Waals surface area contributed by atoms with Gasteiger partial charge < -0.3 is 29.9 Å². The first-order valence-corrected chi connectivity index (χ1v) is 14.0. The maximum Gasteiger partial charge on any atom is 0.260 e. The van der Waals surface area contributed by atoms with Gasteiger partial charge in [-0.3, -0.25) is 9.59 Å². The molecule has 8 heteroatoms. The second-order valence-electron chi connectivity index (χ2n) is 10.1. The summed E-state index contributed by atoms with van der Waals surface area (Å²) in [5.74, 6) is 0.394. The number of nitrogens with one attached hydrogen (secondary N) is 2. The molecular formula is C33H36N4O4. The van der Waals surface area contributed by atoms with Crippen LogP contribution in [0.4, 0.5) is 5.69 Å². The molecule has 0 atom stereocenters. The van der Waals surface area contributed by atoms with Crippen molar-refractivity contribution < 1.29 is 19.4 Å². The van der Waals surface area contributed by atoms with Crippen molar-refractivity contribution in [3.8, 4) is 5.75 Å². The number of aliphatic hydroxyl groups excluding tert-OH is 1. The van der Waals surface area contributed by atoms with Crippen LogP contribution in [0.5, 0.6) is 5.75 Å². The van der Waals surface area contributed by atoms with Crippen LogP contribution in [-0.2, 0) is 22.6 Å². The lowest BCUT2D eigenvalue weighted by atomic mass is 10.1. The number of ether oxygens (including phenoxy) is 1. The number of aromatic amines is 1. The molecule has 0 bridgehead atoms. The van der Waals surface area contributed by atoms with Gasteiger partial charge in [-0.1, -0.05) is 48.5 Å². The van der Waals surface area contributed by atoms with E-state index in [2.05, 4.69) is 27.3 Å². The van der Waals surface area contributed by atoms with E-state index in [9.17, 15) is 9.59 Å². The number of carbonyl (C=O) groups is 2. The number of rotatable bonds is 12. The fourth-order valence-corrected chi connectivity index (χ4v) is 4.99. The predicted octanol–water partition coefficient (Wildman–Crippen LogP) is 3.80. The highest BCUT2D eigenvalue weighted by molar-refractivity contribution is 5.94. The van der Waals surface area contributed by atoms with E-state index in [0.29, 0.717) is 18.8 Å². The summed E-state index contributed by atoms with van der Waals surface area (Å²) in [4.78, 5) is 31.6. The highest BCUT2D eigenvalue weighted by atomic mass is 16.5. The molecule has 1 aliphatic rings. The van der Waals surface area contributed by atoms with Crippen LogP contribution in [0.1, 0.15) is 16.7 Å². The number of ketones is 1. The molecule has 1 saturated heterocycles. The summed E-state index contributed by atoms with van der Waals surface area (Å²) in [6.45, 7) is 4.12. The second-order valence-corrected chi connectivity index (χ2v) is 10.1. The number of amides is 1. The van der Waals surface area contributed by atoms with Gasteiger partial charge >= 0.3 is 0 Å². The molecule has 0 aliphatic carbocycles. The fraction of sp³-hybridized carbons (Fsp3) is 0.273. The summed E-state index contributed by atoms with van der Waals surface area (Å²) in [7, 11) is 0. The molecule has 212 valence electrons. The smallest absolute Gasteiger partial charge is 0.260 e. The van der Waals surface area contributed by atoms with Gasteiger partial charge in [-0.15, -0.1) is 0 Å². The predicted molar refractivity (Wildman–Crippen MR) is 162 cm³/mol. The molecule has 8 nitrogen and oxygen atoms in total. The fourth-order valence-electron chi connectivity index (χ4n) is 4.99. The van der Waals surface area contributed by atoms with Crippen LogP contribution in [0.2, 0.25) is 0 Å². The Bertz CT molecular complexity index is 1470. The summed E-state index contributed by atoms with van der Waals surface area (Å²) in [6.07, 6.45) is 5.96. The van der Waals surface area contributed by atoms with E-state index in [1.54, 1.807) is 6.08 Å². The van der Waals surface area contributed by atoms with Crippen LogP contribution in [0, 0.1) is 0 Å². The number of benzene rings is 3. The number of para-hydroxylation sites is 1.